The van der Waals surface area contributed by atoms with Crippen LogP contribution in [0.4, 0.5) is 10.1 Å². The van der Waals surface area contributed by atoms with Crippen LogP contribution in [0.3, 0.4) is 0 Å². The van der Waals surface area contributed by atoms with Gasteiger partial charge in [-0.1, -0.05) is 0 Å². The molecule has 2 aliphatic heterocycles. The predicted octanol–water partition coefficient (Wildman–Crippen LogP) is 3.49. The Bertz CT molecular complexity index is 1080. The first-order valence-electron chi connectivity index (χ1n) is 11.5. The van der Waals surface area contributed by atoms with E-state index < -0.39 is 5.82 Å². The van der Waals surface area contributed by atoms with E-state index >= 15 is 4.39 Å². The highest BCUT2D eigenvalue weighted by atomic mass is 19.1. The van der Waals surface area contributed by atoms with E-state index in [1.165, 1.54) is 0 Å². The van der Waals surface area contributed by atoms with Crippen LogP contribution >= 0.6 is 0 Å². The highest BCUT2D eigenvalue weighted by Crippen LogP contribution is 2.39. The molecule has 0 aromatic heterocycles. The lowest BCUT2D eigenvalue weighted by Crippen LogP contribution is -2.36. The number of benzene rings is 2. The summed E-state index contributed by atoms with van der Waals surface area (Å²) in [6, 6.07) is 7.03. The third-order valence-corrected chi connectivity index (χ3v) is 5.96. The first kappa shape index (κ1) is 23.8. The maximum Gasteiger partial charge on any atom is 0.197 e. The Morgan fingerprint density at radius 2 is 1.85 bits per heavy atom. The van der Waals surface area contributed by atoms with E-state index in [4.69, 9.17) is 24.4 Å². The van der Waals surface area contributed by atoms with Gasteiger partial charge in [-0.25, -0.2) is 4.39 Å². The quantitative estimate of drug-likeness (QED) is 0.561. The molecule has 4 rings (SSSR count). The first-order valence-corrected chi connectivity index (χ1v) is 11.5. The average molecular weight is 472 g/mol. The van der Waals surface area contributed by atoms with E-state index in [1.807, 2.05) is 13.0 Å². The molecule has 0 saturated carbocycles. The molecule has 0 aliphatic carbocycles. The minimum atomic E-state index is -0.623. The van der Waals surface area contributed by atoms with Gasteiger partial charge in [0.1, 0.15) is 11.6 Å². The van der Waals surface area contributed by atoms with Crippen molar-refractivity contribution >= 4 is 17.3 Å². The number of nitrogens with zero attached hydrogens (tertiary/aromatic N) is 2. The van der Waals surface area contributed by atoms with Gasteiger partial charge in [0, 0.05) is 25.2 Å². The number of ether oxygens (including phenoxy) is 4. The Kier molecular flexibility index (Phi) is 7.21. The zero-order valence-electron chi connectivity index (χ0n) is 19.8. The van der Waals surface area contributed by atoms with Crippen molar-refractivity contribution in [2.45, 2.75) is 20.4 Å². The maximum absolute atomic E-state index is 15.3. The van der Waals surface area contributed by atoms with Crippen molar-refractivity contribution in [1.29, 1.82) is 5.41 Å². The summed E-state index contributed by atoms with van der Waals surface area (Å²) in [6.07, 6.45) is 0. The molecule has 0 atom stereocenters. The molecular weight excluding hydrogens is 441 g/mol. The van der Waals surface area contributed by atoms with E-state index in [-0.39, 0.29) is 42.6 Å². The molecular formula is C25H30FN3O5. The van der Waals surface area contributed by atoms with Gasteiger partial charge < -0.3 is 28.7 Å². The van der Waals surface area contributed by atoms with Gasteiger partial charge in [-0.3, -0.25) is 10.2 Å². The molecule has 0 bridgehead atoms. The SMILES string of the molecule is CCOc1cc2c(c(F)c1OCC)C(=N)N(CC(=O)c1ccc(OC)c(N3CCOCC3)c1)C2. The molecule has 2 aromatic carbocycles. The molecule has 0 spiro atoms. The van der Waals surface area contributed by atoms with Crippen LogP contribution in [0.5, 0.6) is 17.2 Å². The smallest absolute Gasteiger partial charge is 0.197 e. The van der Waals surface area contributed by atoms with Gasteiger partial charge in [0.15, 0.2) is 23.1 Å². The Labute approximate surface area is 198 Å². The molecule has 182 valence electrons. The van der Waals surface area contributed by atoms with E-state index in [0.29, 0.717) is 55.5 Å². The monoisotopic (exact) mass is 471 g/mol. The first-order chi connectivity index (χ1) is 16.5. The second kappa shape index (κ2) is 10.3. The number of hydrogen-bond donors (Lipinski definition) is 1. The number of nitrogens with one attached hydrogen (secondary N) is 1. The largest absolute Gasteiger partial charge is 0.495 e. The molecule has 1 saturated heterocycles. The predicted molar refractivity (Wildman–Crippen MR) is 126 cm³/mol. The highest BCUT2D eigenvalue weighted by molar-refractivity contribution is 6.06. The van der Waals surface area contributed by atoms with Gasteiger partial charge in [-0.15, -0.1) is 0 Å². The van der Waals surface area contributed by atoms with Crippen LogP contribution in [0.25, 0.3) is 0 Å². The van der Waals surface area contributed by atoms with Crippen LogP contribution in [0.2, 0.25) is 0 Å². The van der Waals surface area contributed by atoms with Crippen LogP contribution in [-0.2, 0) is 11.3 Å². The summed E-state index contributed by atoms with van der Waals surface area (Å²) >= 11 is 0. The zero-order valence-corrected chi connectivity index (χ0v) is 19.8. The fraction of sp³-hybridized carbons (Fsp3) is 0.440. The topological polar surface area (TPSA) is 84.3 Å². The molecule has 0 amide bonds. The van der Waals surface area contributed by atoms with Gasteiger partial charge in [0.25, 0.3) is 0 Å². The van der Waals surface area contributed by atoms with Gasteiger partial charge >= 0.3 is 0 Å². The number of anilines is 1. The van der Waals surface area contributed by atoms with E-state index in [2.05, 4.69) is 4.90 Å². The van der Waals surface area contributed by atoms with E-state index in [1.54, 1.807) is 37.1 Å². The lowest BCUT2D eigenvalue weighted by atomic mass is 10.1. The molecule has 2 aromatic rings. The number of hydrogen-bond acceptors (Lipinski definition) is 7. The number of fused-ring (bicyclic) bond motifs is 1. The van der Waals surface area contributed by atoms with Crippen molar-refractivity contribution in [2.75, 3.05) is 58.1 Å². The van der Waals surface area contributed by atoms with Crippen molar-refractivity contribution in [3.05, 3.63) is 46.8 Å². The Morgan fingerprint density at radius 1 is 1.12 bits per heavy atom. The molecule has 2 heterocycles. The number of methoxy groups -OCH3 is 1. The lowest BCUT2D eigenvalue weighted by Gasteiger charge is -2.30. The summed E-state index contributed by atoms with van der Waals surface area (Å²) in [4.78, 5) is 16.9. The Balaban J connectivity index is 1.56. The number of rotatable bonds is 9. The molecule has 8 nitrogen and oxygen atoms in total. The second-order valence-electron chi connectivity index (χ2n) is 8.03. The molecule has 2 aliphatic rings. The summed E-state index contributed by atoms with van der Waals surface area (Å²) in [5, 5.41) is 8.55. The Morgan fingerprint density at radius 3 is 2.53 bits per heavy atom. The summed E-state index contributed by atoms with van der Waals surface area (Å²) in [5.41, 5.74) is 2.11. The summed E-state index contributed by atoms with van der Waals surface area (Å²) in [5.74, 6) is 0.186. The molecule has 0 unspecified atom stereocenters. The van der Waals surface area contributed by atoms with Crippen molar-refractivity contribution in [3.63, 3.8) is 0 Å². The molecule has 1 fully saturated rings. The number of Topliss-reactive ketones (excluding diaryl/α,β-unsaturated/α-hetero) is 1. The van der Waals surface area contributed by atoms with Crippen molar-refractivity contribution in [1.82, 2.24) is 4.90 Å². The standard InChI is InChI=1S/C25H30FN3O5/c1-4-33-21-13-17-14-29(25(27)22(17)23(26)24(21)34-5-2)15-19(30)16-6-7-20(31-3)18(12-16)28-8-10-32-11-9-28/h6-7,12-13,27H,4-5,8-11,14-15H2,1-3H3. The average Bonchev–Trinajstić information content (AvgIpc) is 3.16. The zero-order chi connectivity index (χ0) is 24.2. The van der Waals surface area contributed by atoms with Crippen molar-refractivity contribution < 1.29 is 28.1 Å². The normalized spacial score (nSPS) is 15.4. The molecule has 34 heavy (non-hydrogen) atoms. The maximum atomic E-state index is 15.3. The number of halogens is 1. The highest BCUT2D eigenvalue weighted by Gasteiger charge is 2.33. The van der Waals surface area contributed by atoms with Crippen LogP contribution in [-0.4, -0.2) is 69.7 Å². The minimum absolute atomic E-state index is 0.00586. The van der Waals surface area contributed by atoms with Crippen LogP contribution in [0, 0.1) is 11.2 Å². The molecule has 0 radical (unpaired) electrons. The lowest BCUT2D eigenvalue weighted by molar-refractivity contribution is 0.0962. The number of amidine groups is 1. The third-order valence-electron chi connectivity index (χ3n) is 5.96. The van der Waals surface area contributed by atoms with E-state index in [0.717, 1.165) is 5.69 Å². The third kappa shape index (κ3) is 4.52. The fourth-order valence-corrected chi connectivity index (χ4v) is 4.34. The molecule has 9 heteroatoms. The number of ketones is 1. The van der Waals surface area contributed by atoms with Crippen LogP contribution in [0.1, 0.15) is 35.3 Å². The van der Waals surface area contributed by atoms with Crippen LogP contribution in [0.15, 0.2) is 24.3 Å². The number of carbonyl (C=O) groups is 1. The number of carbonyl (C=O) groups excluding carboxylic acids is 1. The van der Waals surface area contributed by atoms with Gasteiger partial charge in [-0.2, -0.15) is 0 Å². The second-order valence-corrected chi connectivity index (χ2v) is 8.03. The minimum Gasteiger partial charge on any atom is -0.495 e. The summed E-state index contributed by atoms with van der Waals surface area (Å²) in [7, 11) is 1.60. The fourth-order valence-electron chi connectivity index (χ4n) is 4.34. The van der Waals surface area contributed by atoms with Crippen molar-refractivity contribution in [2.24, 2.45) is 0 Å². The number of morpholine rings is 1. The van der Waals surface area contributed by atoms with Gasteiger partial charge in [0.2, 0.25) is 0 Å². The summed E-state index contributed by atoms with van der Waals surface area (Å²) in [6.45, 7) is 7.06. The summed E-state index contributed by atoms with van der Waals surface area (Å²) < 4.78 is 37.2. The van der Waals surface area contributed by atoms with Crippen molar-refractivity contribution in [3.8, 4) is 17.2 Å². The van der Waals surface area contributed by atoms with E-state index in [9.17, 15) is 4.79 Å². The Hall–Kier alpha value is -3.33. The molecule has 1 N–H and O–H groups in total. The van der Waals surface area contributed by atoms with Gasteiger partial charge in [-0.05, 0) is 43.7 Å². The van der Waals surface area contributed by atoms with Gasteiger partial charge in [0.05, 0.1) is 51.3 Å². The van der Waals surface area contributed by atoms with Crippen LogP contribution < -0.4 is 19.1 Å².